The van der Waals surface area contributed by atoms with Gasteiger partial charge in [0.25, 0.3) is 0 Å². The van der Waals surface area contributed by atoms with Crippen LogP contribution in [0.1, 0.15) is 16.8 Å². The molecule has 5 heteroatoms. The Labute approximate surface area is 109 Å². The van der Waals surface area contributed by atoms with Crippen molar-refractivity contribution in [1.29, 1.82) is 0 Å². The Morgan fingerprint density at radius 1 is 1.44 bits per heavy atom. The molecule has 2 N–H and O–H groups in total. The lowest BCUT2D eigenvalue weighted by Gasteiger charge is -2.08. The maximum atomic E-state index is 10.6. The zero-order valence-corrected chi connectivity index (χ0v) is 11.0. The molecular formula is C13H14N2O2S. The Balaban J connectivity index is 2.16. The van der Waals surface area contributed by atoms with Gasteiger partial charge in [-0.15, -0.1) is 11.3 Å². The summed E-state index contributed by atoms with van der Waals surface area (Å²) in [5, 5.41) is 14.4. The number of carboxylic acid groups (broad SMARTS) is 1. The van der Waals surface area contributed by atoms with E-state index in [1.165, 1.54) is 22.5 Å². The van der Waals surface area contributed by atoms with Crippen molar-refractivity contribution in [2.45, 2.75) is 20.3 Å². The van der Waals surface area contributed by atoms with Gasteiger partial charge in [-0.2, -0.15) is 0 Å². The molecule has 2 aromatic rings. The first kappa shape index (κ1) is 12.6. The largest absolute Gasteiger partial charge is 0.481 e. The first-order chi connectivity index (χ1) is 8.56. The standard InChI is InChI=1S/C13H14N2O2S/c1-8-4-3-5-11(9(8)2)15-13-14-10(7-18-13)6-12(16)17/h3-5,7H,6H2,1-2H3,(H,14,15)(H,16,17). The van der Waals surface area contributed by atoms with Crippen molar-refractivity contribution in [2.75, 3.05) is 5.32 Å². The predicted octanol–water partition coefficient (Wildman–Crippen LogP) is 3.13. The summed E-state index contributed by atoms with van der Waals surface area (Å²) in [6, 6.07) is 6.02. The zero-order chi connectivity index (χ0) is 13.1. The quantitative estimate of drug-likeness (QED) is 0.888. The third-order valence-corrected chi connectivity index (χ3v) is 3.54. The molecule has 0 amide bonds. The molecule has 0 saturated heterocycles. The Hall–Kier alpha value is -1.88. The Morgan fingerprint density at radius 2 is 2.22 bits per heavy atom. The number of nitrogens with zero attached hydrogens (tertiary/aromatic N) is 1. The first-order valence-electron chi connectivity index (χ1n) is 5.55. The van der Waals surface area contributed by atoms with Crippen LogP contribution in [-0.4, -0.2) is 16.1 Å². The number of anilines is 2. The molecule has 0 atom stereocenters. The van der Waals surface area contributed by atoms with Gasteiger partial charge in [-0.1, -0.05) is 12.1 Å². The van der Waals surface area contributed by atoms with Crippen molar-refractivity contribution in [1.82, 2.24) is 4.98 Å². The molecule has 0 saturated carbocycles. The minimum absolute atomic E-state index is 0.0367. The van der Waals surface area contributed by atoms with E-state index >= 15 is 0 Å². The van der Waals surface area contributed by atoms with E-state index < -0.39 is 5.97 Å². The Morgan fingerprint density at radius 3 is 2.94 bits per heavy atom. The molecule has 4 nitrogen and oxygen atoms in total. The van der Waals surface area contributed by atoms with Gasteiger partial charge in [-0.25, -0.2) is 4.98 Å². The van der Waals surface area contributed by atoms with Crippen LogP contribution in [0.3, 0.4) is 0 Å². The molecular weight excluding hydrogens is 248 g/mol. The smallest absolute Gasteiger partial charge is 0.309 e. The number of rotatable bonds is 4. The number of carbonyl (C=O) groups is 1. The number of hydrogen-bond acceptors (Lipinski definition) is 4. The summed E-state index contributed by atoms with van der Waals surface area (Å²) in [4.78, 5) is 14.8. The second-order valence-electron chi connectivity index (χ2n) is 4.09. The molecule has 0 bridgehead atoms. The van der Waals surface area contributed by atoms with E-state index in [4.69, 9.17) is 5.11 Å². The number of aliphatic carboxylic acids is 1. The van der Waals surface area contributed by atoms with Gasteiger partial charge in [-0.05, 0) is 31.0 Å². The molecule has 1 aromatic carbocycles. The fourth-order valence-corrected chi connectivity index (χ4v) is 2.32. The van der Waals surface area contributed by atoms with E-state index in [2.05, 4.69) is 23.3 Å². The van der Waals surface area contributed by atoms with Gasteiger partial charge in [0.2, 0.25) is 0 Å². The van der Waals surface area contributed by atoms with Gasteiger partial charge in [-0.3, -0.25) is 4.79 Å². The van der Waals surface area contributed by atoms with Gasteiger partial charge < -0.3 is 10.4 Å². The van der Waals surface area contributed by atoms with Crippen LogP contribution in [0.25, 0.3) is 0 Å². The first-order valence-corrected chi connectivity index (χ1v) is 6.43. The summed E-state index contributed by atoms with van der Waals surface area (Å²) < 4.78 is 0. The van der Waals surface area contributed by atoms with Crippen LogP contribution in [0.4, 0.5) is 10.8 Å². The van der Waals surface area contributed by atoms with Crippen molar-refractivity contribution < 1.29 is 9.90 Å². The lowest BCUT2D eigenvalue weighted by atomic mass is 10.1. The van der Waals surface area contributed by atoms with Gasteiger partial charge >= 0.3 is 5.97 Å². The average Bonchev–Trinajstić information content (AvgIpc) is 2.71. The molecule has 0 radical (unpaired) electrons. The third kappa shape index (κ3) is 2.87. The average molecular weight is 262 g/mol. The van der Waals surface area contributed by atoms with Crippen LogP contribution in [0.5, 0.6) is 0 Å². The summed E-state index contributed by atoms with van der Waals surface area (Å²) in [5.74, 6) is -0.862. The predicted molar refractivity (Wildman–Crippen MR) is 72.7 cm³/mol. The number of nitrogens with one attached hydrogen (secondary N) is 1. The number of benzene rings is 1. The molecule has 1 aromatic heterocycles. The molecule has 94 valence electrons. The summed E-state index contributed by atoms with van der Waals surface area (Å²) in [7, 11) is 0. The number of aryl methyl sites for hydroxylation is 1. The number of carboxylic acids is 1. The van der Waals surface area contributed by atoms with E-state index in [-0.39, 0.29) is 6.42 Å². The number of aromatic nitrogens is 1. The number of hydrogen-bond donors (Lipinski definition) is 2. The Kier molecular flexibility index (Phi) is 3.62. The van der Waals surface area contributed by atoms with Crippen LogP contribution in [0, 0.1) is 13.8 Å². The highest BCUT2D eigenvalue weighted by Gasteiger charge is 2.07. The Bertz CT molecular complexity index is 578. The van der Waals surface area contributed by atoms with Crippen molar-refractivity contribution in [3.8, 4) is 0 Å². The summed E-state index contributed by atoms with van der Waals surface area (Å²) in [6.45, 7) is 4.10. The van der Waals surface area contributed by atoms with Crippen LogP contribution in [-0.2, 0) is 11.2 Å². The summed E-state index contributed by atoms with van der Waals surface area (Å²) in [6.07, 6.45) is -0.0367. The minimum atomic E-state index is -0.862. The lowest BCUT2D eigenvalue weighted by molar-refractivity contribution is -0.136. The SMILES string of the molecule is Cc1cccc(Nc2nc(CC(=O)O)cs2)c1C. The second-order valence-corrected chi connectivity index (χ2v) is 4.95. The molecule has 0 spiro atoms. The normalized spacial score (nSPS) is 10.3. The molecule has 2 rings (SSSR count). The second kappa shape index (κ2) is 5.18. The van der Waals surface area contributed by atoms with Gasteiger partial charge in [0.1, 0.15) is 0 Å². The van der Waals surface area contributed by atoms with Gasteiger partial charge in [0.05, 0.1) is 12.1 Å². The number of thiazole rings is 1. The monoisotopic (exact) mass is 262 g/mol. The van der Waals surface area contributed by atoms with E-state index in [0.717, 1.165) is 10.8 Å². The van der Waals surface area contributed by atoms with Crippen LogP contribution >= 0.6 is 11.3 Å². The molecule has 0 aliphatic carbocycles. The summed E-state index contributed by atoms with van der Waals surface area (Å²) >= 11 is 1.42. The maximum Gasteiger partial charge on any atom is 0.309 e. The van der Waals surface area contributed by atoms with Crippen molar-refractivity contribution >= 4 is 28.1 Å². The maximum absolute atomic E-state index is 10.6. The molecule has 0 unspecified atom stereocenters. The summed E-state index contributed by atoms with van der Waals surface area (Å²) in [5.41, 5.74) is 3.97. The minimum Gasteiger partial charge on any atom is -0.481 e. The van der Waals surface area contributed by atoms with E-state index in [0.29, 0.717) is 5.69 Å². The van der Waals surface area contributed by atoms with Crippen LogP contribution in [0.2, 0.25) is 0 Å². The molecule has 18 heavy (non-hydrogen) atoms. The highest BCUT2D eigenvalue weighted by molar-refractivity contribution is 7.13. The van der Waals surface area contributed by atoms with E-state index in [1.807, 2.05) is 19.1 Å². The molecule has 0 fully saturated rings. The highest BCUT2D eigenvalue weighted by atomic mass is 32.1. The highest BCUT2D eigenvalue weighted by Crippen LogP contribution is 2.25. The van der Waals surface area contributed by atoms with E-state index in [9.17, 15) is 4.79 Å². The zero-order valence-electron chi connectivity index (χ0n) is 10.2. The molecule has 0 aliphatic rings. The van der Waals surface area contributed by atoms with Crippen molar-refractivity contribution in [2.24, 2.45) is 0 Å². The molecule has 1 heterocycles. The third-order valence-electron chi connectivity index (χ3n) is 2.73. The lowest BCUT2D eigenvalue weighted by Crippen LogP contribution is -2.00. The van der Waals surface area contributed by atoms with Gasteiger partial charge in [0, 0.05) is 11.1 Å². The van der Waals surface area contributed by atoms with Gasteiger partial charge in [0.15, 0.2) is 5.13 Å². The molecule has 0 aliphatic heterocycles. The fraction of sp³-hybridized carbons (Fsp3) is 0.231. The van der Waals surface area contributed by atoms with Crippen LogP contribution in [0.15, 0.2) is 23.6 Å². The van der Waals surface area contributed by atoms with Crippen molar-refractivity contribution in [3.05, 3.63) is 40.4 Å². The van der Waals surface area contributed by atoms with E-state index in [1.54, 1.807) is 5.38 Å². The topological polar surface area (TPSA) is 62.2 Å². The van der Waals surface area contributed by atoms with Crippen molar-refractivity contribution in [3.63, 3.8) is 0 Å². The fourth-order valence-electron chi connectivity index (χ4n) is 1.60. The van der Waals surface area contributed by atoms with Crippen LogP contribution < -0.4 is 5.32 Å².